The standard InChI is InChI=1S/C27H31ClN4O2S2/c1-4-7-22-15-26(35-24(22)8-6-13-28)36-31-17-23(19-33)32(25(34)18-31)16-20-9-11-21(12-10-20)27(29)30(3)14-5-2/h2,4,7,9-12,15,19,23,29H,6,8,13-14,16-18H2,1,3H3/b7-4-,29-27?. The third-order valence-electron chi connectivity index (χ3n) is 5.79. The third-order valence-corrected chi connectivity index (χ3v) is 8.37. The summed E-state index contributed by atoms with van der Waals surface area (Å²) in [5, 5.41) is 8.24. The average Bonchev–Trinajstić information content (AvgIpc) is 3.25. The molecule has 3 rings (SSSR count). The van der Waals surface area contributed by atoms with Crippen molar-refractivity contribution >= 4 is 59.0 Å². The topological polar surface area (TPSA) is 67.7 Å². The van der Waals surface area contributed by atoms with Crippen molar-refractivity contribution in [3.05, 3.63) is 58.0 Å². The maximum atomic E-state index is 13.1. The maximum absolute atomic E-state index is 13.1. The lowest BCUT2D eigenvalue weighted by Gasteiger charge is -2.37. The van der Waals surface area contributed by atoms with Gasteiger partial charge in [-0.2, -0.15) is 0 Å². The zero-order chi connectivity index (χ0) is 26.1. The molecular weight excluding hydrogens is 512 g/mol. The predicted octanol–water partition coefficient (Wildman–Crippen LogP) is 4.76. The highest BCUT2D eigenvalue weighted by molar-refractivity contribution is 7.99. The van der Waals surface area contributed by atoms with Crippen LogP contribution in [-0.4, -0.2) is 70.7 Å². The van der Waals surface area contributed by atoms with Gasteiger partial charge in [0.1, 0.15) is 18.2 Å². The fourth-order valence-corrected chi connectivity index (χ4v) is 6.58. The Morgan fingerprint density at radius 2 is 2.14 bits per heavy atom. The highest BCUT2D eigenvalue weighted by Crippen LogP contribution is 2.36. The Morgan fingerprint density at radius 1 is 1.39 bits per heavy atom. The molecule has 1 unspecified atom stereocenters. The van der Waals surface area contributed by atoms with E-state index in [0.29, 0.717) is 31.3 Å². The molecule has 9 heteroatoms. The number of hydrogen-bond acceptors (Lipinski definition) is 6. The van der Waals surface area contributed by atoms with Crippen LogP contribution >= 0.6 is 34.9 Å². The lowest BCUT2D eigenvalue weighted by atomic mass is 10.1. The lowest BCUT2D eigenvalue weighted by Crippen LogP contribution is -2.54. The molecule has 1 aliphatic heterocycles. The van der Waals surface area contributed by atoms with Crippen LogP contribution in [0.1, 0.15) is 34.9 Å². The van der Waals surface area contributed by atoms with E-state index < -0.39 is 6.04 Å². The number of carbonyl (C=O) groups excluding carboxylic acids is 2. The zero-order valence-corrected chi connectivity index (χ0v) is 23.0. The molecule has 1 amide bonds. The van der Waals surface area contributed by atoms with Crippen LogP contribution < -0.4 is 0 Å². The smallest absolute Gasteiger partial charge is 0.238 e. The third kappa shape index (κ3) is 7.23. The molecule has 36 heavy (non-hydrogen) atoms. The fraction of sp³-hybridized carbons (Fsp3) is 0.370. The number of aryl methyl sites for hydroxylation is 1. The summed E-state index contributed by atoms with van der Waals surface area (Å²) in [6.07, 6.45) is 12.2. The number of benzene rings is 1. The number of halogens is 1. The van der Waals surface area contributed by atoms with E-state index in [2.05, 4.69) is 18.1 Å². The number of amides is 1. The van der Waals surface area contributed by atoms with Crippen molar-refractivity contribution in [2.75, 3.05) is 32.6 Å². The summed E-state index contributed by atoms with van der Waals surface area (Å²) in [6.45, 7) is 3.41. The van der Waals surface area contributed by atoms with E-state index in [4.69, 9.17) is 23.4 Å². The van der Waals surface area contributed by atoms with Gasteiger partial charge in [-0.3, -0.25) is 10.2 Å². The quantitative estimate of drug-likeness (QED) is 0.111. The van der Waals surface area contributed by atoms with Crippen LogP contribution in [0, 0.1) is 17.8 Å². The molecule has 1 aromatic heterocycles. The summed E-state index contributed by atoms with van der Waals surface area (Å²) in [5.41, 5.74) is 2.84. The number of terminal acetylenes is 1. The summed E-state index contributed by atoms with van der Waals surface area (Å²) in [5.74, 6) is 3.41. The van der Waals surface area contributed by atoms with Gasteiger partial charge in [0, 0.05) is 36.5 Å². The SMILES string of the molecule is C#CCN(C)C(=N)c1ccc(CN2C(=O)CN(Sc3cc(/C=C\C)c(CCCCl)s3)CC2C=O)cc1. The first-order valence-electron chi connectivity index (χ1n) is 11.7. The minimum atomic E-state index is -0.524. The second-order valence-corrected chi connectivity index (χ2v) is 11.4. The number of piperazine rings is 1. The number of amidine groups is 1. The first-order chi connectivity index (χ1) is 17.4. The summed E-state index contributed by atoms with van der Waals surface area (Å²) < 4.78 is 3.08. The molecule has 0 bridgehead atoms. The number of carbonyl (C=O) groups is 2. The van der Waals surface area contributed by atoms with Crippen molar-refractivity contribution in [3.8, 4) is 12.3 Å². The van der Waals surface area contributed by atoms with Gasteiger partial charge < -0.3 is 14.6 Å². The van der Waals surface area contributed by atoms with Crippen LogP contribution in [0.15, 0.2) is 40.6 Å². The molecule has 0 saturated carbocycles. The number of hydrogen-bond donors (Lipinski definition) is 1. The molecule has 0 radical (unpaired) electrons. The minimum absolute atomic E-state index is 0.0796. The highest BCUT2D eigenvalue weighted by Gasteiger charge is 2.33. The fourth-order valence-electron chi connectivity index (χ4n) is 3.92. The second-order valence-electron chi connectivity index (χ2n) is 8.48. The van der Waals surface area contributed by atoms with E-state index in [1.165, 1.54) is 22.4 Å². The number of allylic oxidation sites excluding steroid dienone is 1. The molecule has 2 heterocycles. The molecule has 6 nitrogen and oxygen atoms in total. The zero-order valence-electron chi connectivity index (χ0n) is 20.6. The van der Waals surface area contributed by atoms with Gasteiger partial charge in [0.2, 0.25) is 5.91 Å². The van der Waals surface area contributed by atoms with Gasteiger partial charge in [0.25, 0.3) is 0 Å². The second kappa shape index (κ2) is 13.7. The van der Waals surface area contributed by atoms with Crippen molar-refractivity contribution in [2.45, 2.75) is 36.6 Å². The van der Waals surface area contributed by atoms with Crippen molar-refractivity contribution in [1.29, 1.82) is 5.41 Å². The number of alkyl halides is 1. The Bertz CT molecular complexity index is 1140. The van der Waals surface area contributed by atoms with Gasteiger partial charge in [0.05, 0.1) is 17.3 Å². The minimum Gasteiger partial charge on any atom is -0.349 e. The van der Waals surface area contributed by atoms with E-state index in [-0.39, 0.29) is 12.5 Å². The van der Waals surface area contributed by atoms with Crippen LogP contribution in [0.2, 0.25) is 0 Å². The number of nitrogens with zero attached hydrogens (tertiary/aromatic N) is 3. The molecule has 1 aliphatic rings. The van der Waals surface area contributed by atoms with E-state index >= 15 is 0 Å². The molecule has 2 aromatic rings. The summed E-state index contributed by atoms with van der Waals surface area (Å²) in [7, 11) is 1.78. The van der Waals surface area contributed by atoms with Crippen LogP contribution in [-0.2, 0) is 22.6 Å². The molecule has 0 aliphatic carbocycles. The molecule has 0 spiro atoms. The predicted molar refractivity (Wildman–Crippen MR) is 151 cm³/mol. The summed E-state index contributed by atoms with van der Waals surface area (Å²) >= 11 is 9.15. The maximum Gasteiger partial charge on any atom is 0.238 e. The molecule has 1 N–H and O–H groups in total. The van der Waals surface area contributed by atoms with E-state index in [0.717, 1.165) is 34.5 Å². The van der Waals surface area contributed by atoms with Gasteiger partial charge in [-0.15, -0.1) is 29.4 Å². The number of thiophene rings is 1. The van der Waals surface area contributed by atoms with Gasteiger partial charge in [-0.1, -0.05) is 42.3 Å². The summed E-state index contributed by atoms with van der Waals surface area (Å²) in [6, 6.07) is 9.09. The Kier molecular flexibility index (Phi) is 10.6. The average molecular weight is 543 g/mol. The largest absolute Gasteiger partial charge is 0.349 e. The van der Waals surface area contributed by atoms with Gasteiger partial charge in [-0.25, -0.2) is 4.31 Å². The van der Waals surface area contributed by atoms with Crippen molar-refractivity contribution in [3.63, 3.8) is 0 Å². The number of nitrogens with one attached hydrogen (secondary N) is 1. The first kappa shape index (κ1) is 28.0. The lowest BCUT2D eigenvalue weighted by molar-refractivity contribution is -0.141. The Balaban J connectivity index is 1.65. The van der Waals surface area contributed by atoms with Crippen LogP contribution in [0.4, 0.5) is 0 Å². The van der Waals surface area contributed by atoms with Crippen LogP contribution in [0.3, 0.4) is 0 Å². The molecule has 1 aromatic carbocycles. The highest BCUT2D eigenvalue weighted by atomic mass is 35.5. The normalized spacial score (nSPS) is 16.3. The Hall–Kier alpha value is -2.57. The monoisotopic (exact) mass is 542 g/mol. The molecule has 1 fully saturated rings. The van der Waals surface area contributed by atoms with Crippen LogP contribution in [0.25, 0.3) is 6.08 Å². The van der Waals surface area contributed by atoms with Crippen molar-refractivity contribution in [2.24, 2.45) is 0 Å². The first-order valence-corrected chi connectivity index (χ1v) is 13.8. The van der Waals surface area contributed by atoms with Gasteiger partial charge in [-0.05, 0) is 48.9 Å². The molecule has 1 atom stereocenters. The van der Waals surface area contributed by atoms with E-state index in [9.17, 15) is 9.59 Å². The Morgan fingerprint density at radius 3 is 2.78 bits per heavy atom. The van der Waals surface area contributed by atoms with Gasteiger partial charge in [0.15, 0.2) is 0 Å². The van der Waals surface area contributed by atoms with Crippen LogP contribution in [0.5, 0.6) is 0 Å². The van der Waals surface area contributed by atoms with Crippen molar-refractivity contribution in [1.82, 2.24) is 14.1 Å². The van der Waals surface area contributed by atoms with E-state index in [1.807, 2.05) is 41.6 Å². The van der Waals surface area contributed by atoms with Crippen molar-refractivity contribution < 1.29 is 9.59 Å². The number of rotatable bonds is 11. The number of aldehydes is 1. The van der Waals surface area contributed by atoms with E-state index in [1.54, 1.807) is 28.2 Å². The molecule has 190 valence electrons. The molecule has 1 saturated heterocycles. The van der Waals surface area contributed by atoms with Gasteiger partial charge >= 0.3 is 0 Å². The molecular formula is C27H31ClN4O2S2. The summed E-state index contributed by atoms with van der Waals surface area (Å²) in [4.78, 5) is 29.6. The Labute approximate surface area is 226 Å².